The first kappa shape index (κ1) is 12.4. The number of piperidine rings is 1. The van der Waals surface area contributed by atoms with Gasteiger partial charge in [-0.3, -0.25) is 4.68 Å². The normalized spacial score (nSPS) is 19.7. The molecule has 1 aromatic heterocycles. The number of hydrogen-bond acceptors (Lipinski definition) is 4. The predicted molar refractivity (Wildman–Crippen MR) is 67.6 cm³/mol. The van der Waals surface area contributed by atoms with Gasteiger partial charge in [0.1, 0.15) is 0 Å². The molecule has 1 fully saturated rings. The van der Waals surface area contributed by atoms with Crippen LogP contribution in [-0.2, 0) is 0 Å². The van der Waals surface area contributed by atoms with Gasteiger partial charge in [0.15, 0.2) is 0 Å². The maximum Gasteiger partial charge on any atom is 0.0719 e. The molecule has 1 saturated heterocycles. The summed E-state index contributed by atoms with van der Waals surface area (Å²) in [6.07, 6.45) is 5.73. The van der Waals surface area contributed by atoms with E-state index < -0.39 is 5.60 Å². The molecule has 0 aromatic carbocycles. The molecule has 2 rings (SSSR count). The molecule has 5 nitrogen and oxygen atoms in total. The molecule has 1 aliphatic rings. The topological polar surface area (TPSA) is 67.3 Å². The first-order chi connectivity index (χ1) is 7.94. The van der Waals surface area contributed by atoms with Crippen molar-refractivity contribution in [3.63, 3.8) is 0 Å². The lowest BCUT2D eigenvalue weighted by atomic mass is 10.0. The minimum Gasteiger partial charge on any atom is -0.396 e. The van der Waals surface area contributed by atoms with Crippen molar-refractivity contribution in [2.75, 3.05) is 25.4 Å². The Hall–Kier alpha value is -1.07. The van der Waals surface area contributed by atoms with Crippen LogP contribution in [0.1, 0.15) is 32.7 Å². The SMILES string of the molecule is CC(C)(O)CN1CCC(n2cc(N)cn2)CC1. The van der Waals surface area contributed by atoms with Gasteiger partial charge in [-0.15, -0.1) is 0 Å². The first-order valence-electron chi connectivity index (χ1n) is 6.18. The summed E-state index contributed by atoms with van der Waals surface area (Å²) in [5, 5.41) is 14.0. The van der Waals surface area contributed by atoms with E-state index in [2.05, 4.69) is 10.00 Å². The van der Waals surface area contributed by atoms with Crippen LogP contribution in [0.2, 0.25) is 0 Å². The lowest BCUT2D eigenvalue weighted by Crippen LogP contribution is -2.43. The van der Waals surface area contributed by atoms with E-state index in [9.17, 15) is 5.11 Å². The second-order valence-electron chi connectivity index (χ2n) is 5.57. The third-order valence-electron chi connectivity index (χ3n) is 3.16. The number of likely N-dealkylation sites (tertiary alicyclic amines) is 1. The van der Waals surface area contributed by atoms with E-state index >= 15 is 0 Å². The van der Waals surface area contributed by atoms with Crippen LogP contribution in [-0.4, -0.2) is 45.0 Å². The summed E-state index contributed by atoms with van der Waals surface area (Å²) in [4.78, 5) is 2.31. The van der Waals surface area contributed by atoms with Gasteiger partial charge in [-0.05, 0) is 26.7 Å². The average Bonchev–Trinajstić information content (AvgIpc) is 2.63. The van der Waals surface area contributed by atoms with E-state index in [1.165, 1.54) is 0 Å². The van der Waals surface area contributed by atoms with Crippen molar-refractivity contribution in [1.29, 1.82) is 0 Å². The molecule has 0 spiro atoms. The van der Waals surface area contributed by atoms with Crippen molar-refractivity contribution in [1.82, 2.24) is 14.7 Å². The highest BCUT2D eigenvalue weighted by molar-refractivity contribution is 5.30. The second kappa shape index (κ2) is 4.66. The zero-order chi connectivity index (χ0) is 12.5. The number of hydrogen-bond donors (Lipinski definition) is 2. The van der Waals surface area contributed by atoms with Crippen molar-refractivity contribution in [2.45, 2.75) is 38.3 Å². The van der Waals surface area contributed by atoms with Crippen LogP contribution >= 0.6 is 0 Å². The number of anilines is 1. The molecule has 96 valence electrons. The molecule has 3 N–H and O–H groups in total. The molecule has 0 radical (unpaired) electrons. The number of β-amino-alcohol motifs (C(OH)–C–C–N with tert-alkyl or cyclic N) is 1. The van der Waals surface area contributed by atoms with Crippen LogP contribution in [0.15, 0.2) is 12.4 Å². The standard InChI is InChI=1S/C12H22N4O/c1-12(2,17)9-15-5-3-11(4-6-15)16-8-10(13)7-14-16/h7-8,11,17H,3-6,9,13H2,1-2H3. The summed E-state index contributed by atoms with van der Waals surface area (Å²) >= 11 is 0. The van der Waals surface area contributed by atoms with Gasteiger partial charge in [-0.1, -0.05) is 0 Å². The van der Waals surface area contributed by atoms with Gasteiger partial charge < -0.3 is 15.7 Å². The smallest absolute Gasteiger partial charge is 0.0719 e. The number of nitrogen functional groups attached to an aromatic ring is 1. The predicted octanol–water partition coefficient (Wildman–Crippen LogP) is 0.873. The van der Waals surface area contributed by atoms with Crippen LogP contribution in [0.3, 0.4) is 0 Å². The molecule has 1 aliphatic heterocycles. The summed E-state index contributed by atoms with van der Waals surface area (Å²) < 4.78 is 1.97. The molecule has 0 atom stereocenters. The molecule has 0 amide bonds. The molecule has 0 saturated carbocycles. The van der Waals surface area contributed by atoms with E-state index in [1.54, 1.807) is 6.20 Å². The van der Waals surface area contributed by atoms with Crippen molar-refractivity contribution in [2.24, 2.45) is 0 Å². The molecule has 1 aromatic rings. The lowest BCUT2D eigenvalue weighted by molar-refractivity contribution is 0.0246. The monoisotopic (exact) mass is 238 g/mol. The van der Waals surface area contributed by atoms with Crippen LogP contribution in [0, 0.1) is 0 Å². The summed E-state index contributed by atoms with van der Waals surface area (Å²) in [7, 11) is 0. The third-order valence-corrected chi connectivity index (χ3v) is 3.16. The molecule has 17 heavy (non-hydrogen) atoms. The maximum absolute atomic E-state index is 9.78. The highest BCUT2D eigenvalue weighted by Crippen LogP contribution is 2.23. The summed E-state index contributed by atoms with van der Waals surface area (Å²) in [5.41, 5.74) is 5.79. The molecular formula is C12H22N4O. The number of nitrogens with two attached hydrogens (primary N) is 1. The molecule has 5 heteroatoms. The minimum atomic E-state index is -0.608. The van der Waals surface area contributed by atoms with Crippen LogP contribution in [0.4, 0.5) is 5.69 Å². The Bertz CT molecular complexity index is 361. The lowest BCUT2D eigenvalue weighted by Gasteiger charge is -2.35. The zero-order valence-electron chi connectivity index (χ0n) is 10.6. The molecule has 0 unspecified atom stereocenters. The highest BCUT2D eigenvalue weighted by Gasteiger charge is 2.24. The second-order valence-corrected chi connectivity index (χ2v) is 5.57. The Morgan fingerprint density at radius 3 is 2.59 bits per heavy atom. The number of aliphatic hydroxyl groups is 1. The Morgan fingerprint density at radius 2 is 2.12 bits per heavy atom. The average molecular weight is 238 g/mol. The van der Waals surface area contributed by atoms with Gasteiger partial charge in [0, 0.05) is 25.8 Å². The maximum atomic E-state index is 9.78. The van der Waals surface area contributed by atoms with E-state index in [-0.39, 0.29) is 0 Å². The first-order valence-corrected chi connectivity index (χ1v) is 6.18. The Labute approximate surface area is 102 Å². The fraction of sp³-hybridized carbons (Fsp3) is 0.750. The largest absolute Gasteiger partial charge is 0.396 e. The van der Waals surface area contributed by atoms with Crippen LogP contribution < -0.4 is 5.73 Å². The zero-order valence-corrected chi connectivity index (χ0v) is 10.6. The van der Waals surface area contributed by atoms with E-state index in [1.807, 2.05) is 24.7 Å². The van der Waals surface area contributed by atoms with Gasteiger partial charge in [-0.25, -0.2) is 0 Å². The van der Waals surface area contributed by atoms with E-state index in [4.69, 9.17) is 5.73 Å². The quantitative estimate of drug-likeness (QED) is 0.820. The van der Waals surface area contributed by atoms with Gasteiger partial charge in [0.2, 0.25) is 0 Å². The molecule has 2 heterocycles. The highest BCUT2D eigenvalue weighted by atomic mass is 16.3. The van der Waals surface area contributed by atoms with Crippen molar-refractivity contribution >= 4 is 5.69 Å². The van der Waals surface area contributed by atoms with Gasteiger partial charge >= 0.3 is 0 Å². The number of aromatic nitrogens is 2. The Balaban J connectivity index is 1.86. The molecule has 0 aliphatic carbocycles. The number of nitrogens with zero attached hydrogens (tertiary/aromatic N) is 3. The van der Waals surface area contributed by atoms with Crippen molar-refractivity contribution in [3.8, 4) is 0 Å². The van der Waals surface area contributed by atoms with Gasteiger partial charge in [0.25, 0.3) is 0 Å². The van der Waals surface area contributed by atoms with Crippen molar-refractivity contribution < 1.29 is 5.11 Å². The number of rotatable bonds is 3. The summed E-state index contributed by atoms with van der Waals surface area (Å²) in [6, 6.07) is 0.449. The van der Waals surface area contributed by atoms with Gasteiger partial charge in [-0.2, -0.15) is 5.10 Å². The van der Waals surface area contributed by atoms with Crippen LogP contribution in [0.5, 0.6) is 0 Å². The third kappa shape index (κ3) is 3.44. The van der Waals surface area contributed by atoms with E-state index in [0.29, 0.717) is 6.04 Å². The minimum absolute atomic E-state index is 0.449. The fourth-order valence-electron chi connectivity index (χ4n) is 2.44. The van der Waals surface area contributed by atoms with Gasteiger partial charge in [0.05, 0.1) is 23.5 Å². The summed E-state index contributed by atoms with van der Waals surface area (Å²) in [6.45, 7) is 6.46. The van der Waals surface area contributed by atoms with Crippen LogP contribution in [0.25, 0.3) is 0 Å². The summed E-state index contributed by atoms with van der Waals surface area (Å²) in [5.74, 6) is 0. The van der Waals surface area contributed by atoms with E-state index in [0.717, 1.165) is 38.2 Å². The Kier molecular flexibility index (Phi) is 3.40. The molecule has 0 bridgehead atoms. The molecular weight excluding hydrogens is 216 g/mol. The fourth-order valence-corrected chi connectivity index (χ4v) is 2.44. The Morgan fingerprint density at radius 1 is 1.47 bits per heavy atom. The van der Waals surface area contributed by atoms with Crippen molar-refractivity contribution in [3.05, 3.63) is 12.4 Å².